The van der Waals surface area contributed by atoms with Gasteiger partial charge in [0.05, 0.1) is 0 Å². The van der Waals surface area contributed by atoms with E-state index in [1.165, 1.54) is 6.92 Å². The van der Waals surface area contributed by atoms with Gasteiger partial charge in [0.1, 0.15) is 0 Å². The lowest BCUT2D eigenvalue weighted by molar-refractivity contribution is -0.232. The fraction of sp³-hybridized carbons (Fsp3) is 0.917. The normalized spacial score (nSPS) is 27.1. The predicted molar refractivity (Wildman–Crippen MR) is 59.8 cm³/mol. The van der Waals surface area contributed by atoms with E-state index in [-0.39, 0.29) is 5.41 Å². The third-order valence-corrected chi connectivity index (χ3v) is 4.62. The van der Waals surface area contributed by atoms with Crippen LogP contribution in [0, 0.1) is 11.3 Å². The minimum absolute atomic E-state index is 0.219. The molecule has 0 saturated heterocycles. The monoisotopic (exact) mass is 281 g/mol. The molecule has 2 atom stereocenters. The number of aliphatic hydroxyl groups is 1. The molecule has 1 spiro atoms. The summed E-state index contributed by atoms with van der Waals surface area (Å²) in [6.45, 7) is 1.51. The highest BCUT2D eigenvalue weighted by atomic mass is 19.4. The zero-order chi connectivity index (χ0) is 14.5. The summed E-state index contributed by atoms with van der Waals surface area (Å²) in [4.78, 5) is 10.7. The minimum atomic E-state index is -5.10. The molecule has 2 rings (SSSR count). The van der Waals surface area contributed by atoms with Gasteiger partial charge in [-0.15, -0.1) is 0 Å². The van der Waals surface area contributed by atoms with Crippen molar-refractivity contribution in [3.8, 4) is 0 Å². The lowest BCUT2D eigenvalue weighted by atomic mass is 9.46. The summed E-state index contributed by atoms with van der Waals surface area (Å²) in [7, 11) is 0. The van der Waals surface area contributed by atoms with Gasteiger partial charge in [0.15, 0.2) is 0 Å². The van der Waals surface area contributed by atoms with Crippen LogP contribution in [0.3, 0.4) is 0 Å². The third kappa shape index (κ3) is 2.58. The number of hydrogen-bond acceptors (Lipinski definition) is 4. The lowest BCUT2D eigenvalue weighted by Gasteiger charge is -2.62. The smallest absolute Gasteiger partial charge is 0.429 e. The van der Waals surface area contributed by atoms with E-state index in [0.717, 1.165) is 19.3 Å². The Morgan fingerprint density at radius 1 is 1.37 bits per heavy atom. The van der Waals surface area contributed by atoms with E-state index in [1.807, 2.05) is 0 Å². The summed E-state index contributed by atoms with van der Waals surface area (Å²) in [6.07, 6.45) is -2.28. The Hall–Kier alpha value is -0.820. The highest BCUT2D eigenvalue weighted by Gasteiger charge is 2.59. The first-order chi connectivity index (χ1) is 8.58. The van der Waals surface area contributed by atoms with Crippen LogP contribution in [0.4, 0.5) is 13.2 Å². The number of carbonyl (C=O) groups is 1. The molecule has 7 heteroatoms. The van der Waals surface area contributed by atoms with Crippen LogP contribution in [0.1, 0.15) is 39.0 Å². The molecule has 0 aromatic rings. The predicted octanol–water partition coefficient (Wildman–Crippen LogP) is 1.71. The highest BCUT2D eigenvalue weighted by Crippen LogP contribution is 2.61. The summed E-state index contributed by atoms with van der Waals surface area (Å²) in [5, 5.41) is 9.59. The number of ether oxygens (including phenoxy) is 1. The van der Waals surface area contributed by atoms with Crippen molar-refractivity contribution in [1.82, 2.24) is 0 Å². The molecule has 0 amide bonds. The van der Waals surface area contributed by atoms with Crippen LogP contribution in [0.15, 0.2) is 0 Å². The summed E-state index contributed by atoms with van der Waals surface area (Å²) >= 11 is 0. The SMILES string of the molecule is CC(C(O)OC(=O)C(F)(F)F)C1(N)CC2(CCC2)C1. The van der Waals surface area contributed by atoms with Crippen molar-refractivity contribution in [2.75, 3.05) is 0 Å². The van der Waals surface area contributed by atoms with Gasteiger partial charge in [0.2, 0.25) is 6.29 Å². The number of aliphatic hydroxyl groups excluding tert-OH is 1. The first kappa shape index (κ1) is 14.6. The van der Waals surface area contributed by atoms with Crippen molar-refractivity contribution < 1.29 is 27.8 Å². The molecule has 4 nitrogen and oxygen atoms in total. The van der Waals surface area contributed by atoms with Crippen molar-refractivity contribution in [1.29, 1.82) is 0 Å². The maximum absolute atomic E-state index is 12.0. The standard InChI is InChI=1S/C12H18F3NO3/c1-7(8(17)19-9(18)12(13,14)15)11(16)5-10(6-11)3-2-4-10/h7-8,17H,2-6,16H2,1H3. The molecule has 3 N–H and O–H groups in total. The van der Waals surface area contributed by atoms with E-state index in [9.17, 15) is 23.1 Å². The van der Waals surface area contributed by atoms with Gasteiger partial charge in [-0.2, -0.15) is 13.2 Å². The van der Waals surface area contributed by atoms with E-state index >= 15 is 0 Å². The Morgan fingerprint density at radius 2 is 1.89 bits per heavy atom. The molecular formula is C12H18F3NO3. The summed E-state index contributed by atoms with van der Waals surface area (Å²) in [5.41, 5.74) is 5.56. The third-order valence-electron chi connectivity index (χ3n) is 4.62. The molecule has 2 aliphatic carbocycles. The second-order valence-corrected chi connectivity index (χ2v) is 6.02. The number of halogens is 3. The summed E-state index contributed by atoms with van der Waals surface area (Å²) in [5.74, 6) is -3.10. The van der Waals surface area contributed by atoms with Gasteiger partial charge in [-0.3, -0.25) is 0 Å². The topological polar surface area (TPSA) is 72.5 Å². The molecular weight excluding hydrogens is 263 g/mol. The molecule has 0 aromatic carbocycles. The maximum atomic E-state index is 12.0. The molecule has 110 valence electrons. The second kappa shape index (κ2) is 4.34. The molecule has 2 unspecified atom stereocenters. The lowest BCUT2D eigenvalue weighted by Crippen LogP contribution is -2.66. The average molecular weight is 281 g/mol. The van der Waals surface area contributed by atoms with Gasteiger partial charge < -0.3 is 15.6 Å². The first-order valence-electron chi connectivity index (χ1n) is 6.33. The number of nitrogens with two attached hydrogens (primary N) is 1. The minimum Gasteiger partial charge on any atom is -0.429 e. The molecule has 19 heavy (non-hydrogen) atoms. The van der Waals surface area contributed by atoms with Crippen molar-refractivity contribution >= 4 is 5.97 Å². The van der Waals surface area contributed by atoms with Crippen LogP contribution in [0.5, 0.6) is 0 Å². The molecule has 0 bridgehead atoms. The van der Waals surface area contributed by atoms with Crippen molar-refractivity contribution in [3.63, 3.8) is 0 Å². The zero-order valence-corrected chi connectivity index (χ0v) is 10.7. The Labute approximate surface area is 109 Å². The first-order valence-corrected chi connectivity index (χ1v) is 6.33. The van der Waals surface area contributed by atoms with Crippen molar-refractivity contribution in [3.05, 3.63) is 0 Å². The Balaban J connectivity index is 1.89. The molecule has 2 aliphatic rings. The van der Waals surface area contributed by atoms with E-state index in [4.69, 9.17) is 5.73 Å². The van der Waals surface area contributed by atoms with Gasteiger partial charge in [-0.05, 0) is 31.1 Å². The van der Waals surface area contributed by atoms with Gasteiger partial charge in [-0.25, -0.2) is 4.79 Å². The molecule has 2 fully saturated rings. The number of rotatable bonds is 3. The van der Waals surface area contributed by atoms with Crippen LogP contribution in [-0.2, 0) is 9.53 Å². The fourth-order valence-electron chi connectivity index (χ4n) is 3.26. The van der Waals surface area contributed by atoms with Crippen molar-refractivity contribution in [2.45, 2.75) is 57.0 Å². The second-order valence-electron chi connectivity index (χ2n) is 6.02. The average Bonchev–Trinajstić information content (AvgIpc) is 2.19. The molecule has 2 saturated carbocycles. The Kier molecular flexibility index (Phi) is 3.33. The molecule has 0 aromatic heterocycles. The number of carbonyl (C=O) groups excluding carboxylic acids is 1. The number of alkyl halides is 3. The van der Waals surface area contributed by atoms with Crippen molar-refractivity contribution in [2.24, 2.45) is 17.1 Å². The van der Waals surface area contributed by atoms with E-state index in [0.29, 0.717) is 12.8 Å². The summed E-state index contributed by atoms with van der Waals surface area (Å²) in [6, 6.07) is 0. The van der Waals surface area contributed by atoms with Crippen LogP contribution in [0.2, 0.25) is 0 Å². The van der Waals surface area contributed by atoms with E-state index in [1.54, 1.807) is 0 Å². The van der Waals surface area contributed by atoms with Crippen LogP contribution in [0.25, 0.3) is 0 Å². The van der Waals surface area contributed by atoms with Gasteiger partial charge in [-0.1, -0.05) is 13.3 Å². The van der Waals surface area contributed by atoms with Crippen LogP contribution < -0.4 is 5.73 Å². The fourth-order valence-corrected chi connectivity index (χ4v) is 3.26. The molecule has 0 aliphatic heterocycles. The van der Waals surface area contributed by atoms with Gasteiger partial charge in [0, 0.05) is 11.5 Å². The Bertz CT molecular complexity index is 371. The van der Waals surface area contributed by atoms with E-state index in [2.05, 4.69) is 4.74 Å². The highest BCUT2D eigenvalue weighted by molar-refractivity contribution is 5.75. The molecule has 0 heterocycles. The maximum Gasteiger partial charge on any atom is 0.491 e. The largest absolute Gasteiger partial charge is 0.491 e. The molecule has 0 radical (unpaired) electrons. The zero-order valence-electron chi connectivity index (χ0n) is 10.7. The van der Waals surface area contributed by atoms with Gasteiger partial charge in [0.25, 0.3) is 0 Å². The number of esters is 1. The van der Waals surface area contributed by atoms with Gasteiger partial charge >= 0.3 is 12.1 Å². The number of hydrogen-bond donors (Lipinski definition) is 2. The quantitative estimate of drug-likeness (QED) is 0.610. The summed E-state index contributed by atoms with van der Waals surface area (Å²) < 4.78 is 40.1. The van der Waals surface area contributed by atoms with Crippen LogP contribution >= 0.6 is 0 Å². The van der Waals surface area contributed by atoms with Crippen LogP contribution in [-0.4, -0.2) is 29.1 Å². The van der Waals surface area contributed by atoms with E-state index < -0.39 is 29.9 Å². The Morgan fingerprint density at radius 3 is 2.26 bits per heavy atom.